The van der Waals surface area contributed by atoms with Gasteiger partial charge in [-0.25, -0.2) is 13.6 Å². The maximum absolute atomic E-state index is 11.9. The maximum Gasteiger partial charge on any atom is 0.228 e. The van der Waals surface area contributed by atoms with Crippen molar-refractivity contribution in [2.45, 2.75) is 11.7 Å². The van der Waals surface area contributed by atoms with Crippen molar-refractivity contribution in [3.63, 3.8) is 0 Å². The van der Waals surface area contributed by atoms with Gasteiger partial charge < -0.3 is 4.90 Å². The Hall–Kier alpha value is -1.43. The van der Waals surface area contributed by atoms with Gasteiger partial charge in [0.2, 0.25) is 15.9 Å². The van der Waals surface area contributed by atoms with E-state index < -0.39 is 15.3 Å². The number of carbonyl (C=O) groups is 1. The van der Waals surface area contributed by atoms with Crippen LogP contribution < -0.4 is 10.0 Å². The molecule has 0 aromatic heterocycles. The van der Waals surface area contributed by atoms with Crippen molar-refractivity contribution in [1.82, 2.24) is 0 Å². The number of benzene rings is 1. The van der Waals surface area contributed by atoms with Crippen molar-refractivity contribution in [2.75, 3.05) is 11.4 Å². The molecule has 0 radical (unpaired) electrons. The molecule has 1 saturated heterocycles. The Bertz CT molecular complexity index is 681. The van der Waals surface area contributed by atoms with Crippen molar-refractivity contribution in [3.8, 4) is 6.07 Å². The number of hydrogen-bond acceptors (Lipinski definition) is 4. The van der Waals surface area contributed by atoms with Crippen LogP contribution in [0, 0.1) is 11.3 Å². The Morgan fingerprint density at radius 1 is 1.42 bits per heavy atom. The Balaban J connectivity index is 2.36. The molecule has 1 heterocycles. The Labute approximate surface area is 119 Å². The molecule has 6 nitrogen and oxygen atoms in total. The number of sulfonamides is 1. The number of nitriles is 1. The second kappa shape index (κ2) is 4.92. The van der Waals surface area contributed by atoms with Crippen LogP contribution >= 0.6 is 15.9 Å². The molecule has 19 heavy (non-hydrogen) atoms. The number of amides is 1. The van der Waals surface area contributed by atoms with Gasteiger partial charge in [-0.1, -0.05) is 15.9 Å². The summed E-state index contributed by atoms with van der Waals surface area (Å²) >= 11 is 3.24. The number of hydrogen-bond donors (Lipinski definition) is 1. The molecule has 0 bridgehead atoms. The second-order valence-electron chi connectivity index (χ2n) is 4.23. The molecule has 1 aromatic carbocycles. The molecule has 1 aliphatic rings. The van der Waals surface area contributed by atoms with Gasteiger partial charge in [-0.3, -0.25) is 4.79 Å². The molecule has 1 fully saturated rings. The van der Waals surface area contributed by atoms with E-state index in [0.717, 1.165) is 0 Å². The molecule has 0 saturated carbocycles. The van der Waals surface area contributed by atoms with Crippen LogP contribution in [0.2, 0.25) is 0 Å². The summed E-state index contributed by atoms with van der Waals surface area (Å²) in [5.41, 5.74) is 0.873. The van der Waals surface area contributed by atoms with E-state index in [1.807, 2.05) is 6.07 Å². The van der Waals surface area contributed by atoms with Crippen LogP contribution in [0.15, 0.2) is 22.7 Å². The predicted octanol–water partition coefficient (Wildman–Crippen LogP) is 0.715. The third-order valence-electron chi connectivity index (χ3n) is 2.88. The van der Waals surface area contributed by atoms with Crippen molar-refractivity contribution >= 4 is 37.5 Å². The summed E-state index contributed by atoms with van der Waals surface area (Å²) in [7, 11) is -3.74. The molecule has 1 atom stereocenters. The number of carbonyl (C=O) groups excluding carboxylic acids is 1. The minimum atomic E-state index is -3.74. The first-order chi connectivity index (χ1) is 8.81. The zero-order valence-electron chi connectivity index (χ0n) is 9.71. The van der Waals surface area contributed by atoms with E-state index in [9.17, 15) is 13.2 Å². The SMILES string of the molecule is N#Cc1cc(Br)cc(N2CC(S(N)(=O)=O)CC2=O)c1. The largest absolute Gasteiger partial charge is 0.311 e. The lowest BCUT2D eigenvalue weighted by Gasteiger charge is -2.17. The number of nitrogens with two attached hydrogens (primary N) is 1. The van der Waals surface area contributed by atoms with Crippen LogP contribution in [0.1, 0.15) is 12.0 Å². The summed E-state index contributed by atoms with van der Waals surface area (Å²) in [5, 5.41) is 13.0. The minimum absolute atomic E-state index is 0.0129. The number of primary sulfonamides is 1. The standard InChI is InChI=1S/C11H10BrN3O3S/c12-8-1-7(5-13)2-9(3-8)15-6-10(4-11(15)16)19(14,17)18/h1-3,10H,4,6H2,(H2,14,17,18). The first-order valence-corrected chi connectivity index (χ1v) is 7.74. The van der Waals surface area contributed by atoms with Crippen LogP contribution in [0.4, 0.5) is 5.69 Å². The average Bonchev–Trinajstić information content (AvgIpc) is 2.70. The summed E-state index contributed by atoms with van der Waals surface area (Å²) in [6.07, 6.45) is -0.132. The lowest BCUT2D eigenvalue weighted by atomic mass is 10.2. The maximum atomic E-state index is 11.9. The van der Waals surface area contributed by atoms with Crippen molar-refractivity contribution in [3.05, 3.63) is 28.2 Å². The highest BCUT2D eigenvalue weighted by molar-refractivity contribution is 9.10. The minimum Gasteiger partial charge on any atom is -0.311 e. The molecular weight excluding hydrogens is 334 g/mol. The Kier molecular flexibility index (Phi) is 3.62. The summed E-state index contributed by atoms with van der Waals surface area (Å²) in [6, 6.07) is 6.78. The zero-order chi connectivity index (χ0) is 14.2. The fraction of sp³-hybridized carbons (Fsp3) is 0.273. The van der Waals surface area contributed by atoms with Crippen LogP contribution in [0.5, 0.6) is 0 Å². The van der Waals surface area contributed by atoms with E-state index in [4.69, 9.17) is 10.4 Å². The molecule has 2 N–H and O–H groups in total. The molecule has 0 spiro atoms. The van der Waals surface area contributed by atoms with Crippen molar-refractivity contribution in [1.29, 1.82) is 5.26 Å². The molecule has 8 heteroatoms. The van der Waals surface area contributed by atoms with Gasteiger partial charge in [-0.2, -0.15) is 5.26 Å². The lowest BCUT2D eigenvalue weighted by Crippen LogP contribution is -2.32. The zero-order valence-corrected chi connectivity index (χ0v) is 12.1. The van der Waals surface area contributed by atoms with Gasteiger partial charge in [-0.05, 0) is 18.2 Å². The van der Waals surface area contributed by atoms with Gasteiger partial charge in [0.1, 0.15) is 5.25 Å². The molecule has 1 aliphatic heterocycles. The van der Waals surface area contributed by atoms with E-state index in [2.05, 4.69) is 15.9 Å². The third kappa shape index (κ3) is 2.94. The van der Waals surface area contributed by atoms with Gasteiger partial charge in [0, 0.05) is 23.1 Å². The topological polar surface area (TPSA) is 104 Å². The van der Waals surface area contributed by atoms with Gasteiger partial charge in [0.25, 0.3) is 0 Å². The number of rotatable bonds is 2. The van der Waals surface area contributed by atoms with E-state index in [-0.39, 0.29) is 18.9 Å². The van der Waals surface area contributed by atoms with Gasteiger partial charge in [0.15, 0.2) is 0 Å². The van der Waals surface area contributed by atoms with Gasteiger partial charge in [0.05, 0.1) is 11.6 Å². The normalized spacial score (nSPS) is 19.5. The molecular formula is C11H10BrN3O3S. The first-order valence-electron chi connectivity index (χ1n) is 5.34. The number of halogens is 1. The monoisotopic (exact) mass is 343 g/mol. The number of anilines is 1. The van der Waals surface area contributed by atoms with E-state index >= 15 is 0 Å². The number of nitrogens with zero attached hydrogens (tertiary/aromatic N) is 2. The van der Waals surface area contributed by atoms with Gasteiger partial charge >= 0.3 is 0 Å². The average molecular weight is 344 g/mol. The van der Waals surface area contributed by atoms with E-state index in [0.29, 0.717) is 15.7 Å². The van der Waals surface area contributed by atoms with Crippen molar-refractivity contribution < 1.29 is 13.2 Å². The highest BCUT2D eigenvalue weighted by Gasteiger charge is 2.37. The van der Waals surface area contributed by atoms with Crippen LogP contribution in [0.25, 0.3) is 0 Å². The highest BCUT2D eigenvalue weighted by atomic mass is 79.9. The van der Waals surface area contributed by atoms with Crippen LogP contribution in [-0.2, 0) is 14.8 Å². The summed E-state index contributed by atoms with van der Waals surface area (Å²) < 4.78 is 23.2. The Morgan fingerprint density at radius 3 is 2.63 bits per heavy atom. The molecule has 1 aromatic rings. The summed E-state index contributed by atoms with van der Waals surface area (Å²) in [5.74, 6) is -0.319. The second-order valence-corrected chi connectivity index (χ2v) is 6.99. The molecule has 1 amide bonds. The molecule has 1 unspecified atom stereocenters. The van der Waals surface area contributed by atoms with Gasteiger partial charge in [-0.15, -0.1) is 0 Å². The lowest BCUT2D eigenvalue weighted by molar-refractivity contribution is -0.117. The highest BCUT2D eigenvalue weighted by Crippen LogP contribution is 2.28. The van der Waals surface area contributed by atoms with Crippen molar-refractivity contribution in [2.24, 2.45) is 5.14 Å². The van der Waals surface area contributed by atoms with E-state index in [1.165, 1.54) is 11.0 Å². The van der Waals surface area contributed by atoms with Crippen LogP contribution in [0.3, 0.4) is 0 Å². The Morgan fingerprint density at radius 2 is 2.11 bits per heavy atom. The summed E-state index contributed by atoms with van der Waals surface area (Å²) in [4.78, 5) is 13.2. The van der Waals surface area contributed by atoms with E-state index in [1.54, 1.807) is 12.1 Å². The fourth-order valence-corrected chi connectivity index (χ4v) is 3.15. The quantitative estimate of drug-likeness (QED) is 0.853. The first kappa shape index (κ1) is 14.0. The molecule has 2 rings (SSSR count). The molecule has 0 aliphatic carbocycles. The fourth-order valence-electron chi connectivity index (χ4n) is 1.94. The third-order valence-corrected chi connectivity index (χ3v) is 4.58. The molecule has 100 valence electrons. The smallest absolute Gasteiger partial charge is 0.228 e. The summed E-state index contributed by atoms with van der Waals surface area (Å²) in [6.45, 7) is 0.0129. The van der Waals surface area contributed by atoms with Crippen LogP contribution in [-0.4, -0.2) is 26.1 Å². The predicted molar refractivity (Wildman–Crippen MR) is 72.7 cm³/mol.